The third-order valence-electron chi connectivity index (χ3n) is 2.53. The van der Waals surface area contributed by atoms with Crippen molar-refractivity contribution in [3.63, 3.8) is 0 Å². The summed E-state index contributed by atoms with van der Waals surface area (Å²) in [5, 5.41) is 13.4. The lowest BCUT2D eigenvalue weighted by Gasteiger charge is -2.17. The second kappa shape index (κ2) is 4.83. The summed E-state index contributed by atoms with van der Waals surface area (Å²) in [6.07, 6.45) is 2.42. The lowest BCUT2D eigenvalue weighted by Crippen LogP contribution is -2.26. The molecule has 1 aliphatic rings. The number of aliphatic hydroxyl groups excluding tert-OH is 1. The Labute approximate surface area is 103 Å². The number of rotatable bonds is 4. The Bertz CT molecular complexity index is 354. The van der Waals surface area contributed by atoms with Gasteiger partial charge in [-0.05, 0) is 30.5 Å². The molecule has 0 spiro atoms. The molecule has 0 saturated heterocycles. The van der Waals surface area contributed by atoms with Crippen molar-refractivity contribution in [2.45, 2.75) is 24.9 Å². The Morgan fingerprint density at radius 3 is 2.80 bits per heavy atom. The molecule has 1 aromatic carbocycles. The van der Waals surface area contributed by atoms with Crippen molar-refractivity contribution in [1.82, 2.24) is 5.32 Å². The minimum atomic E-state index is 0.00383. The van der Waals surface area contributed by atoms with Gasteiger partial charge < -0.3 is 10.4 Å². The molecule has 4 heteroatoms. The molecule has 2 rings (SSSR count). The average Bonchev–Trinajstić information content (AvgIpc) is 2.99. The maximum absolute atomic E-state index is 9.33. The van der Waals surface area contributed by atoms with Gasteiger partial charge in [0.2, 0.25) is 0 Å². The molecular weight excluding hydrogens is 277 g/mol. The number of hydrogen-bond donors (Lipinski definition) is 2. The molecule has 0 bridgehead atoms. The van der Waals surface area contributed by atoms with Crippen molar-refractivity contribution in [3.8, 4) is 0 Å². The number of aliphatic hydroxyl groups is 1. The molecule has 1 aromatic rings. The summed E-state index contributed by atoms with van der Waals surface area (Å²) < 4.78 is 0.946. The van der Waals surface area contributed by atoms with E-state index < -0.39 is 0 Å². The van der Waals surface area contributed by atoms with E-state index >= 15 is 0 Å². The third-order valence-corrected chi connectivity index (χ3v) is 3.46. The lowest BCUT2D eigenvalue weighted by atomic mass is 10.1. The quantitative estimate of drug-likeness (QED) is 0.894. The zero-order valence-corrected chi connectivity index (χ0v) is 10.6. The molecule has 1 unspecified atom stereocenters. The second-order valence-electron chi connectivity index (χ2n) is 3.84. The molecule has 2 nitrogen and oxygen atoms in total. The van der Waals surface area contributed by atoms with Gasteiger partial charge in [0.15, 0.2) is 0 Å². The number of nitrogens with one attached hydrogen (secondary N) is 1. The molecule has 0 heterocycles. The van der Waals surface area contributed by atoms with E-state index in [1.165, 1.54) is 12.8 Å². The van der Waals surface area contributed by atoms with Crippen LogP contribution in [0.1, 0.15) is 24.4 Å². The first kappa shape index (κ1) is 11.4. The van der Waals surface area contributed by atoms with Gasteiger partial charge in [0.1, 0.15) is 0 Å². The Morgan fingerprint density at radius 1 is 1.53 bits per heavy atom. The fraction of sp³-hybridized carbons (Fsp3) is 0.455. The van der Waals surface area contributed by atoms with Gasteiger partial charge in [0.25, 0.3) is 0 Å². The molecule has 2 N–H and O–H groups in total. The van der Waals surface area contributed by atoms with E-state index in [1.54, 1.807) is 0 Å². The van der Waals surface area contributed by atoms with Crippen molar-refractivity contribution in [1.29, 1.82) is 0 Å². The van der Waals surface area contributed by atoms with E-state index in [0.717, 1.165) is 10.0 Å². The Morgan fingerprint density at radius 2 is 2.27 bits per heavy atom. The van der Waals surface area contributed by atoms with Crippen LogP contribution in [0.5, 0.6) is 0 Å². The van der Waals surface area contributed by atoms with Crippen molar-refractivity contribution in [3.05, 3.63) is 33.3 Å². The van der Waals surface area contributed by atoms with Gasteiger partial charge in [-0.25, -0.2) is 0 Å². The fourth-order valence-corrected chi connectivity index (χ4v) is 2.52. The standard InChI is InChI=1S/C11H13BrClNO/c12-10-5-7(13)1-4-9(10)11(6-15)14-8-2-3-8/h1,4-5,8,11,14-15H,2-3,6H2. The third kappa shape index (κ3) is 2.94. The minimum Gasteiger partial charge on any atom is -0.394 e. The first-order valence-electron chi connectivity index (χ1n) is 5.02. The topological polar surface area (TPSA) is 32.3 Å². The summed E-state index contributed by atoms with van der Waals surface area (Å²) in [7, 11) is 0. The van der Waals surface area contributed by atoms with Crippen LogP contribution in [0, 0.1) is 0 Å². The summed E-state index contributed by atoms with van der Waals surface area (Å²) in [5.74, 6) is 0. The van der Waals surface area contributed by atoms with E-state index in [0.29, 0.717) is 11.1 Å². The van der Waals surface area contributed by atoms with E-state index in [9.17, 15) is 5.11 Å². The Hall–Kier alpha value is -0.0900. The van der Waals surface area contributed by atoms with Crippen LogP contribution in [0.2, 0.25) is 5.02 Å². The average molecular weight is 291 g/mol. The zero-order chi connectivity index (χ0) is 10.8. The second-order valence-corrected chi connectivity index (χ2v) is 5.13. The van der Waals surface area contributed by atoms with E-state index in [2.05, 4.69) is 21.2 Å². The fourth-order valence-electron chi connectivity index (χ4n) is 1.56. The van der Waals surface area contributed by atoms with Gasteiger partial charge in [-0.2, -0.15) is 0 Å². The van der Waals surface area contributed by atoms with Crippen molar-refractivity contribution < 1.29 is 5.11 Å². The minimum absolute atomic E-state index is 0.00383. The first-order chi connectivity index (χ1) is 7.20. The predicted molar refractivity (Wildman–Crippen MR) is 65.1 cm³/mol. The molecule has 0 aliphatic heterocycles. The smallest absolute Gasteiger partial charge is 0.0627 e. The molecule has 1 saturated carbocycles. The summed E-state index contributed by atoms with van der Waals surface area (Å²) >= 11 is 9.33. The molecule has 0 amide bonds. The largest absolute Gasteiger partial charge is 0.394 e. The van der Waals surface area contributed by atoms with Gasteiger partial charge in [0.05, 0.1) is 12.6 Å². The predicted octanol–water partition coefficient (Wildman–Crippen LogP) is 2.89. The molecule has 1 aliphatic carbocycles. The highest BCUT2D eigenvalue weighted by atomic mass is 79.9. The van der Waals surface area contributed by atoms with Crippen LogP contribution in [-0.2, 0) is 0 Å². The summed E-state index contributed by atoms with van der Waals surface area (Å²) in [6.45, 7) is 0.108. The SMILES string of the molecule is OCC(NC1CC1)c1ccc(Cl)cc1Br. The number of hydrogen-bond acceptors (Lipinski definition) is 2. The lowest BCUT2D eigenvalue weighted by molar-refractivity contribution is 0.243. The van der Waals surface area contributed by atoms with Crippen molar-refractivity contribution >= 4 is 27.5 Å². The van der Waals surface area contributed by atoms with Crippen molar-refractivity contribution in [2.75, 3.05) is 6.61 Å². The van der Waals surface area contributed by atoms with E-state index in [4.69, 9.17) is 11.6 Å². The van der Waals surface area contributed by atoms with Crippen LogP contribution in [0.15, 0.2) is 22.7 Å². The summed E-state index contributed by atoms with van der Waals surface area (Å²) in [4.78, 5) is 0. The first-order valence-corrected chi connectivity index (χ1v) is 6.19. The van der Waals surface area contributed by atoms with Crippen LogP contribution in [-0.4, -0.2) is 17.8 Å². The molecular formula is C11H13BrClNO. The van der Waals surface area contributed by atoms with Crippen LogP contribution in [0.25, 0.3) is 0 Å². The Balaban J connectivity index is 2.16. The highest BCUT2D eigenvalue weighted by molar-refractivity contribution is 9.10. The number of benzene rings is 1. The van der Waals surface area contributed by atoms with Crippen LogP contribution >= 0.6 is 27.5 Å². The summed E-state index contributed by atoms with van der Waals surface area (Å²) in [6, 6.07) is 6.23. The van der Waals surface area contributed by atoms with Gasteiger partial charge in [-0.1, -0.05) is 33.6 Å². The van der Waals surface area contributed by atoms with Crippen molar-refractivity contribution in [2.24, 2.45) is 0 Å². The molecule has 15 heavy (non-hydrogen) atoms. The molecule has 82 valence electrons. The van der Waals surface area contributed by atoms with E-state index in [1.807, 2.05) is 18.2 Å². The van der Waals surface area contributed by atoms with Gasteiger partial charge in [-0.15, -0.1) is 0 Å². The maximum Gasteiger partial charge on any atom is 0.0627 e. The van der Waals surface area contributed by atoms with Gasteiger partial charge >= 0.3 is 0 Å². The van der Waals surface area contributed by atoms with Crippen LogP contribution < -0.4 is 5.32 Å². The molecule has 1 fully saturated rings. The van der Waals surface area contributed by atoms with Crippen LogP contribution in [0.3, 0.4) is 0 Å². The molecule has 0 radical (unpaired) electrons. The summed E-state index contributed by atoms with van der Waals surface area (Å²) in [5.41, 5.74) is 1.06. The highest BCUT2D eigenvalue weighted by Crippen LogP contribution is 2.29. The van der Waals surface area contributed by atoms with Crippen LogP contribution in [0.4, 0.5) is 0 Å². The van der Waals surface area contributed by atoms with Gasteiger partial charge in [0, 0.05) is 15.5 Å². The molecule has 1 atom stereocenters. The molecule has 0 aromatic heterocycles. The zero-order valence-electron chi connectivity index (χ0n) is 8.21. The Kier molecular flexibility index (Phi) is 3.67. The maximum atomic E-state index is 9.33. The monoisotopic (exact) mass is 289 g/mol. The van der Waals surface area contributed by atoms with E-state index in [-0.39, 0.29) is 12.6 Å². The number of halogens is 2. The normalized spacial score (nSPS) is 17.8. The highest BCUT2D eigenvalue weighted by Gasteiger charge is 2.25. The van der Waals surface area contributed by atoms with Gasteiger partial charge in [-0.3, -0.25) is 0 Å².